The largest absolute Gasteiger partial charge is 0.488 e. The predicted octanol–water partition coefficient (Wildman–Crippen LogP) is 5.19. The topological polar surface area (TPSA) is 62.3 Å². The number of hydrogen-bond acceptors (Lipinski definition) is 6. The smallest absolute Gasteiger partial charge is 0.226 e. The van der Waals surface area contributed by atoms with Crippen LogP contribution in [-0.2, 0) is 13.0 Å². The average molecular weight is 408 g/mol. The van der Waals surface area contributed by atoms with Gasteiger partial charge in [-0.15, -0.1) is 11.3 Å². The minimum absolute atomic E-state index is 0.461. The molecule has 6 heteroatoms. The second-order valence-electron chi connectivity index (χ2n) is 7.49. The van der Waals surface area contributed by atoms with E-state index in [4.69, 9.17) is 19.4 Å². The van der Waals surface area contributed by atoms with Crippen molar-refractivity contribution in [3.8, 4) is 23.3 Å². The first-order valence-electron chi connectivity index (χ1n) is 10.0. The second-order valence-corrected chi connectivity index (χ2v) is 8.66. The maximum absolute atomic E-state index is 8.90. The standard InChI is InChI=1S/C23H25N3O2S/c1-16-4-3-12-26(16)13-11-22-17(2)28-23(25-22)18-5-7-19(8-6-18)27-15-21-10-9-20(14-24)29-21/h5-10,16H,3-4,11-13,15H2,1-2H3. The van der Waals surface area contributed by atoms with Crippen LogP contribution in [0.4, 0.5) is 0 Å². The molecule has 2 aromatic heterocycles. The summed E-state index contributed by atoms with van der Waals surface area (Å²) in [5.74, 6) is 2.35. The van der Waals surface area contributed by atoms with Crippen molar-refractivity contribution >= 4 is 11.3 Å². The Labute approximate surface area is 175 Å². The van der Waals surface area contributed by atoms with Crippen LogP contribution in [0.15, 0.2) is 40.8 Å². The van der Waals surface area contributed by atoms with E-state index >= 15 is 0 Å². The lowest BCUT2D eigenvalue weighted by Crippen LogP contribution is -2.29. The summed E-state index contributed by atoms with van der Waals surface area (Å²) >= 11 is 1.46. The highest BCUT2D eigenvalue weighted by atomic mass is 32.1. The number of hydrogen-bond donors (Lipinski definition) is 0. The maximum atomic E-state index is 8.90. The van der Waals surface area contributed by atoms with Crippen molar-refractivity contribution < 1.29 is 9.15 Å². The highest BCUT2D eigenvalue weighted by molar-refractivity contribution is 7.12. The van der Waals surface area contributed by atoms with Crippen molar-refractivity contribution in [2.75, 3.05) is 13.1 Å². The van der Waals surface area contributed by atoms with Crippen molar-refractivity contribution in [2.45, 2.75) is 45.8 Å². The van der Waals surface area contributed by atoms with Crippen LogP contribution in [0.2, 0.25) is 0 Å². The lowest BCUT2D eigenvalue weighted by Gasteiger charge is -2.20. The zero-order valence-corrected chi connectivity index (χ0v) is 17.7. The SMILES string of the molecule is Cc1oc(-c2ccc(OCc3ccc(C#N)s3)cc2)nc1CCN1CCCC1C. The fourth-order valence-corrected chi connectivity index (χ4v) is 4.44. The molecule has 150 valence electrons. The summed E-state index contributed by atoms with van der Waals surface area (Å²) in [6.45, 7) is 6.99. The molecule has 1 aliphatic rings. The molecule has 3 aromatic rings. The van der Waals surface area contributed by atoms with Crippen LogP contribution in [0.25, 0.3) is 11.5 Å². The van der Waals surface area contributed by atoms with Gasteiger partial charge >= 0.3 is 0 Å². The minimum Gasteiger partial charge on any atom is -0.488 e. The highest BCUT2D eigenvalue weighted by Crippen LogP contribution is 2.26. The number of rotatable bonds is 7. The van der Waals surface area contributed by atoms with Crippen LogP contribution in [-0.4, -0.2) is 29.0 Å². The molecule has 1 atom stereocenters. The van der Waals surface area contributed by atoms with E-state index in [-0.39, 0.29) is 0 Å². The van der Waals surface area contributed by atoms with E-state index in [1.54, 1.807) is 0 Å². The Morgan fingerprint density at radius 3 is 2.79 bits per heavy atom. The highest BCUT2D eigenvalue weighted by Gasteiger charge is 2.21. The van der Waals surface area contributed by atoms with Gasteiger partial charge in [0.1, 0.15) is 29.1 Å². The fourth-order valence-electron chi connectivity index (χ4n) is 3.72. The van der Waals surface area contributed by atoms with Crippen LogP contribution in [0.5, 0.6) is 5.75 Å². The first-order chi connectivity index (χ1) is 14.1. The average Bonchev–Trinajstić information content (AvgIpc) is 3.45. The quantitative estimate of drug-likeness (QED) is 0.539. The number of likely N-dealkylation sites (tertiary alicyclic amines) is 1. The summed E-state index contributed by atoms with van der Waals surface area (Å²) in [4.78, 5) is 9.01. The molecule has 1 aromatic carbocycles. The van der Waals surface area contributed by atoms with Gasteiger partial charge in [0.15, 0.2) is 0 Å². The maximum Gasteiger partial charge on any atom is 0.226 e. The molecule has 0 amide bonds. The van der Waals surface area contributed by atoms with Crippen molar-refractivity contribution in [1.29, 1.82) is 5.26 Å². The van der Waals surface area contributed by atoms with Crippen molar-refractivity contribution in [3.63, 3.8) is 0 Å². The molecule has 1 saturated heterocycles. The van der Waals surface area contributed by atoms with Gasteiger partial charge in [0.2, 0.25) is 5.89 Å². The third-order valence-corrected chi connectivity index (χ3v) is 6.44. The van der Waals surface area contributed by atoms with Gasteiger partial charge in [-0.3, -0.25) is 0 Å². The molecule has 5 nitrogen and oxygen atoms in total. The molecule has 0 aliphatic carbocycles. The Bertz CT molecular complexity index is 1000. The molecule has 29 heavy (non-hydrogen) atoms. The van der Waals surface area contributed by atoms with E-state index in [1.165, 1.54) is 30.7 Å². The zero-order chi connectivity index (χ0) is 20.2. The van der Waals surface area contributed by atoms with Gasteiger partial charge in [-0.05, 0) is 69.6 Å². The summed E-state index contributed by atoms with van der Waals surface area (Å²) in [5, 5.41) is 8.90. The molecular weight excluding hydrogens is 382 g/mol. The van der Waals surface area contributed by atoms with E-state index in [2.05, 4.69) is 17.9 Å². The lowest BCUT2D eigenvalue weighted by atomic mass is 10.2. The Kier molecular flexibility index (Phi) is 5.98. The third kappa shape index (κ3) is 4.69. The van der Waals surface area contributed by atoms with E-state index in [1.807, 2.05) is 43.3 Å². The number of ether oxygens (including phenoxy) is 1. The first-order valence-corrected chi connectivity index (χ1v) is 10.9. The van der Waals surface area contributed by atoms with Crippen LogP contribution < -0.4 is 4.74 Å². The van der Waals surface area contributed by atoms with Gasteiger partial charge in [0.25, 0.3) is 0 Å². The van der Waals surface area contributed by atoms with Gasteiger partial charge in [-0.2, -0.15) is 5.26 Å². The Morgan fingerprint density at radius 1 is 1.28 bits per heavy atom. The second kappa shape index (κ2) is 8.81. The predicted molar refractivity (Wildman–Crippen MR) is 114 cm³/mol. The minimum atomic E-state index is 0.461. The first kappa shape index (κ1) is 19.7. The summed E-state index contributed by atoms with van der Waals surface area (Å²) < 4.78 is 11.7. The van der Waals surface area contributed by atoms with E-state index in [0.717, 1.165) is 40.6 Å². The zero-order valence-electron chi connectivity index (χ0n) is 16.9. The monoisotopic (exact) mass is 407 g/mol. The van der Waals surface area contributed by atoms with Gasteiger partial charge in [0, 0.05) is 29.4 Å². The Hall–Kier alpha value is -2.62. The van der Waals surface area contributed by atoms with Crippen molar-refractivity contribution in [3.05, 3.63) is 57.6 Å². The van der Waals surface area contributed by atoms with Gasteiger partial charge in [-0.1, -0.05) is 0 Å². The molecule has 0 bridgehead atoms. The molecule has 0 radical (unpaired) electrons. The number of benzene rings is 1. The number of aryl methyl sites for hydroxylation is 1. The molecule has 0 N–H and O–H groups in total. The molecule has 1 aliphatic heterocycles. The van der Waals surface area contributed by atoms with Crippen molar-refractivity contribution in [2.24, 2.45) is 0 Å². The summed E-state index contributed by atoms with van der Waals surface area (Å²) in [7, 11) is 0. The van der Waals surface area contributed by atoms with E-state index in [0.29, 0.717) is 23.4 Å². The molecule has 0 saturated carbocycles. The molecule has 4 rings (SSSR count). The molecular formula is C23H25N3O2S. The number of nitrogens with zero attached hydrogens (tertiary/aromatic N) is 3. The normalized spacial score (nSPS) is 16.8. The molecule has 1 fully saturated rings. The fraction of sp³-hybridized carbons (Fsp3) is 0.391. The Morgan fingerprint density at radius 2 is 2.10 bits per heavy atom. The summed E-state index contributed by atoms with van der Waals surface area (Å²) in [6.07, 6.45) is 3.51. The number of nitriles is 1. The van der Waals surface area contributed by atoms with Gasteiger partial charge in [0.05, 0.1) is 5.69 Å². The van der Waals surface area contributed by atoms with Crippen LogP contribution in [0, 0.1) is 18.3 Å². The van der Waals surface area contributed by atoms with Gasteiger partial charge < -0.3 is 14.1 Å². The molecule has 3 heterocycles. The van der Waals surface area contributed by atoms with Crippen LogP contribution in [0.1, 0.15) is 41.0 Å². The number of aromatic nitrogens is 1. The summed E-state index contributed by atoms with van der Waals surface area (Å²) in [6, 6.07) is 14.4. The lowest BCUT2D eigenvalue weighted by molar-refractivity contribution is 0.271. The van der Waals surface area contributed by atoms with E-state index < -0.39 is 0 Å². The van der Waals surface area contributed by atoms with Crippen LogP contribution in [0.3, 0.4) is 0 Å². The molecule has 0 spiro atoms. The van der Waals surface area contributed by atoms with Crippen molar-refractivity contribution in [1.82, 2.24) is 9.88 Å². The van der Waals surface area contributed by atoms with Crippen LogP contribution >= 0.6 is 11.3 Å². The number of thiophene rings is 1. The van der Waals surface area contributed by atoms with Gasteiger partial charge in [-0.25, -0.2) is 4.98 Å². The van der Waals surface area contributed by atoms with E-state index in [9.17, 15) is 0 Å². The number of oxazole rings is 1. The third-order valence-electron chi connectivity index (χ3n) is 5.47. The Balaban J connectivity index is 1.36. The summed E-state index contributed by atoms with van der Waals surface area (Å²) in [5.41, 5.74) is 1.99. The molecule has 1 unspecified atom stereocenters.